The van der Waals surface area contributed by atoms with Gasteiger partial charge in [-0.25, -0.2) is 0 Å². The number of benzene rings is 6. The highest BCUT2D eigenvalue weighted by Gasteiger charge is 2.55. The van der Waals surface area contributed by atoms with Crippen LogP contribution in [0.5, 0.6) is 0 Å². The third-order valence-electron chi connectivity index (χ3n) is 10.5. The SMILES string of the molecule is C[C@@H](OCc1ccccc1)[C@@H](CO[C@]1(COCc2ccccc2)OC[C@@H](OCc2ccccc2)[C@@H](OCc2ccccc2)[C@@H]1OCc1ccccc1)OCc1ccccc1. The van der Waals surface area contributed by atoms with E-state index in [4.69, 9.17) is 37.9 Å². The first-order chi connectivity index (χ1) is 29.6. The Hall–Kier alpha value is -5.00. The molecule has 0 radical (unpaired) electrons. The Labute approximate surface area is 354 Å². The van der Waals surface area contributed by atoms with Gasteiger partial charge >= 0.3 is 0 Å². The lowest BCUT2D eigenvalue weighted by Gasteiger charge is -2.49. The van der Waals surface area contributed by atoms with Gasteiger partial charge in [0, 0.05) is 0 Å². The van der Waals surface area contributed by atoms with Crippen molar-refractivity contribution in [2.24, 2.45) is 0 Å². The summed E-state index contributed by atoms with van der Waals surface area (Å²) in [4.78, 5) is 0. The van der Waals surface area contributed by atoms with Gasteiger partial charge in [0.25, 0.3) is 0 Å². The van der Waals surface area contributed by atoms with E-state index in [1.54, 1.807) is 0 Å². The normalized spacial score (nSPS) is 20.1. The van der Waals surface area contributed by atoms with E-state index in [0.717, 1.165) is 33.4 Å². The fourth-order valence-electron chi connectivity index (χ4n) is 7.11. The Morgan fingerprint density at radius 1 is 0.483 bits per heavy atom. The highest BCUT2D eigenvalue weighted by Crippen LogP contribution is 2.36. The lowest BCUT2D eigenvalue weighted by Crippen LogP contribution is -2.66. The smallest absolute Gasteiger partial charge is 0.221 e. The largest absolute Gasteiger partial charge is 0.371 e. The predicted molar refractivity (Wildman–Crippen MR) is 232 cm³/mol. The number of hydrogen-bond acceptors (Lipinski definition) is 8. The zero-order valence-electron chi connectivity index (χ0n) is 34.3. The molecule has 0 N–H and O–H groups in total. The van der Waals surface area contributed by atoms with Crippen molar-refractivity contribution in [1.29, 1.82) is 0 Å². The summed E-state index contributed by atoms with van der Waals surface area (Å²) in [7, 11) is 0. The summed E-state index contributed by atoms with van der Waals surface area (Å²) in [6.07, 6.45) is -2.77. The van der Waals surface area contributed by atoms with Crippen LogP contribution in [0.15, 0.2) is 182 Å². The molecule has 0 unspecified atom stereocenters. The van der Waals surface area contributed by atoms with E-state index in [9.17, 15) is 0 Å². The quantitative estimate of drug-likeness (QED) is 0.0634. The molecule has 0 saturated carbocycles. The first-order valence-electron chi connectivity index (χ1n) is 20.8. The van der Waals surface area contributed by atoms with Gasteiger partial charge in [-0.2, -0.15) is 0 Å². The highest BCUT2D eigenvalue weighted by atomic mass is 16.8. The van der Waals surface area contributed by atoms with Crippen LogP contribution in [-0.4, -0.2) is 56.1 Å². The van der Waals surface area contributed by atoms with Crippen LogP contribution in [0.25, 0.3) is 0 Å². The molecule has 0 aromatic heterocycles. The Morgan fingerprint density at radius 2 is 0.883 bits per heavy atom. The number of ether oxygens (including phenoxy) is 8. The predicted octanol–water partition coefficient (Wildman–Crippen LogP) is 9.89. The molecule has 0 bridgehead atoms. The van der Waals surface area contributed by atoms with E-state index >= 15 is 0 Å². The first-order valence-corrected chi connectivity index (χ1v) is 20.8. The number of rotatable bonds is 23. The summed E-state index contributed by atoms with van der Waals surface area (Å²) in [6, 6.07) is 60.6. The summed E-state index contributed by atoms with van der Waals surface area (Å²) in [6.45, 7) is 4.46. The summed E-state index contributed by atoms with van der Waals surface area (Å²) in [5, 5.41) is 0. The van der Waals surface area contributed by atoms with E-state index in [0.29, 0.717) is 33.0 Å². The van der Waals surface area contributed by atoms with Crippen molar-refractivity contribution in [3.63, 3.8) is 0 Å². The molecule has 6 aromatic carbocycles. The highest BCUT2D eigenvalue weighted by molar-refractivity contribution is 5.18. The zero-order chi connectivity index (χ0) is 41.1. The second-order valence-electron chi connectivity index (χ2n) is 15.1. The molecule has 1 aliphatic heterocycles. The van der Waals surface area contributed by atoms with Gasteiger partial charge in [-0.1, -0.05) is 182 Å². The maximum atomic E-state index is 7.11. The minimum Gasteiger partial charge on any atom is -0.371 e. The first kappa shape index (κ1) is 43.1. The van der Waals surface area contributed by atoms with E-state index < -0.39 is 30.2 Å². The molecule has 8 heteroatoms. The van der Waals surface area contributed by atoms with E-state index in [1.807, 2.05) is 165 Å². The molecule has 1 aliphatic rings. The Kier molecular flexibility index (Phi) is 16.6. The van der Waals surface area contributed by atoms with Gasteiger partial charge in [-0.3, -0.25) is 0 Å². The van der Waals surface area contributed by atoms with Gasteiger partial charge in [0.05, 0.1) is 59.0 Å². The summed E-state index contributed by atoms with van der Waals surface area (Å²) in [5.74, 6) is -1.44. The van der Waals surface area contributed by atoms with Crippen molar-refractivity contribution in [2.45, 2.75) is 82.9 Å². The van der Waals surface area contributed by atoms with Gasteiger partial charge < -0.3 is 37.9 Å². The molecule has 1 heterocycles. The molecular formula is C52H56O8. The molecular weight excluding hydrogens is 753 g/mol. The van der Waals surface area contributed by atoms with Crippen LogP contribution in [-0.2, 0) is 77.5 Å². The molecule has 6 atom stereocenters. The van der Waals surface area contributed by atoms with Crippen LogP contribution < -0.4 is 0 Å². The topological polar surface area (TPSA) is 73.8 Å². The van der Waals surface area contributed by atoms with Crippen LogP contribution in [0.2, 0.25) is 0 Å². The second kappa shape index (κ2) is 23.1. The average molecular weight is 809 g/mol. The summed E-state index contributed by atoms with van der Waals surface area (Å²) < 4.78 is 54.3. The van der Waals surface area contributed by atoms with Gasteiger partial charge in [-0.15, -0.1) is 0 Å². The lowest BCUT2D eigenvalue weighted by atomic mass is 9.95. The second-order valence-corrected chi connectivity index (χ2v) is 15.1. The monoisotopic (exact) mass is 808 g/mol. The molecule has 0 amide bonds. The Balaban J connectivity index is 1.21. The maximum absolute atomic E-state index is 7.11. The van der Waals surface area contributed by atoms with Crippen LogP contribution in [0.4, 0.5) is 0 Å². The Morgan fingerprint density at radius 3 is 1.37 bits per heavy atom. The van der Waals surface area contributed by atoms with Crippen molar-refractivity contribution >= 4 is 0 Å². The summed E-state index contributed by atoms with van der Waals surface area (Å²) in [5.41, 5.74) is 6.21. The van der Waals surface area contributed by atoms with Gasteiger partial charge in [0.1, 0.15) is 31.0 Å². The maximum Gasteiger partial charge on any atom is 0.221 e. The minimum absolute atomic E-state index is 0.0443. The van der Waals surface area contributed by atoms with Crippen molar-refractivity contribution in [1.82, 2.24) is 0 Å². The fraction of sp³-hybridized carbons (Fsp3) is 0.308. The van der Waals surface area contributed by atoms with Gasteiger partial charge in [-0.05, 0) is 40.3 Å². The molecule has 1 saturated heterocycles. The van der Waals surface area contributed by atoms with Crippen molar-refractivity contribution in [2.75, 3.05) is 19.8 Å². The Bertz CT molecular complexity index is 2040. The van der Waals surface area contributed by atoms with E-state index in [2.05, 4.69) is 24.3 Å². The molecule has 60 heavy (non-hydrogen) atoms. The van der Waals surface area contributed by atoms with Gasteiger partial charge in [0.15, 0.2) is 0 Å². The van der Waals surface area contributed by atoms with Crippen LogP contribution in [0.3, 0.4) is 0 Å². The molecule has 1 fully saturated rings. The van der Waals surface area contributed by atoms with Crippen molar-refractivity contribution in [3.8, 4) is 0 Å². The molecule has 6 aromatic rings. The third-order valence-corrected chi connectivity index (χ3v) is 10.5. The average Bonchev–Trinajstić information content (AvgIpc) is 3.31. The fourth-order valence-corrected chi connectivity index (χ4v) is 7.11. The van der Waals surface area contributed by atoms with Crippen molar-refractivity contribution < 1.29 is 37.9 Å². The molecule has 0 aliphatic carbocycles. The molecule has 8 nitrogen and oxygen atoms in total. The number of hydrogen-bond donors (Lipinski definition) is 0. The van der Waals surface area contributed by atoms with E-state index in [-0.39, 0.29) is 32.5 Å². The van der Waals surface area contributed by atoms with Gasteiger partial charge in [0.2, 0.25) is 5.79 Å². The van der Waals surface area contributed by atoms with Crippen molar-refractivity contribution in [3.05, 3.63) is 215 Å². The van der Waals surface area contributed by atoms with Crippen LogP contribution in [0.1, 0.15) is 40.3 Å². The zero-order valence-corrected chi connectivity index (χ0v) is 34.3. The third kappa shape index (κ3) is 13.0. The van der Waals surface area contributed by atoms with Crippen LogP contribution >= 0.6 is 0 Å². The summed E-state index contributed by atoms with van der Waals surface area (Å²) >= 11 is 0. The molecule has 0 spiro atoms. The van der Waals surface area contributed by atoms with E-state index in [1.165, 1.54) is 0 Å². The lowest BCUT2D eigenvalue weighted by molar-refractivity contribution is -0.375. The van der Waals surface area contributed by atoms with Crippen LogP contribution in [0, 0.1) is 0 Å². The standard InChI is InChI=1S/C52H56O8/c1-41(54-33-43-22-10-3-11-23-43)48(55-34-44-24-12-4-13-25-44)38-59-52(40-53-32-42-20-8-2-9-21-42)51(58-37-47-30-18-7-19-31-47)50(57-36-46-28-16-6-17-29-46)49(39-60-52)56-35-45-26-14-5-15-27-45/h2-31,41,48-51H,32-40H2,1H3/t41-,48-,49-,50-,51+,52-/m1/s1. The molecule has 7 rings (SSSR count). The molecule has 312 valence electrons. The minimum atomic E-state index is -1.44.